The maximum Gasteiger partial charge on any atom is 0.191 e. The average molecular weight is 460 g/mol. The smallest absolute Gasteiger partial charge is 0.191 e. The standard InChI is InChI=1S/C19H32N4O.HI/c1-4-20-18(22-14-19(3)15-24-16-19)21-12-9-13-23(5-2)17-10-7-6-8-11-17;/h6-8,10-11H,4-5,9,12-16H2,1-3H3,(H2,20,21,22);1H. The van der Waals surface area contributed by atoms with Crippen molar-refractivity contribution in [3.05, 3.63) is 30.3 Å². The van der Waals surface area contributed by atoms with Gasteiger partial charge in [-0.15, -0.1) is 24.0 Å². The summed E-state index contributed by atoms with van der Waals surface area (Å²) in [6, 6.07) is 10.6. The van der Waals surface area contributed by atoms with E-state index in [0.717, 1.165) is 58.3 Å². The van der Waals surface area contributed by atoms with E-state index in [4.69, 9.17) is 9.73 Å². The Morgan fingerprint density at radius 1 is 1.20 bits per heavy atom. The minimum Gasteiger partial charge on any atom is -0.380 e. The van der Waals surface area contributed by atoms with Crippen LogP contribution in [0.5, 0.6) is 0 Å². The molecule has 0 atom stereocenters. The summed E-state index contributed by atoms with van der Waals surface area (Å²) in [5.74, 6) is 0.911. The average Bonchev–Trinajstić information content (AvgIpc) is 2.58. The normalized spacial score (nSPS) is 15.7. The molecule has 1 aromatic rings. The molecular formula is C19H33IN4O. The summed E-state index contributed by atoms with van der Waals surface area (Å²) in [5.41, 5.74) is 1.51. The second kappa shape index (κ2) is 11.6. The van der Waals surface area contributed by atoms with Crippen LogP contribution in [0.15, 0.2) is 35.3 Å². The molecule has 1 aromatic carbocycles. The molecule has 2 N–H and O–H groups in total. The van der Waals surface area contributed by atoms with Gasteiger partial charge in [0, 0.05) is 37.3 Å². The van der Waals surface area contributed by atoms with Crippen LogP contribution >= 0.6 is 24.0 Å². The summed E-state index contributed by atoms with van der Waals surface area (Å²) in [6.07, 6.45) is 1.08. The monoisotopic (exact) mass is 460 g/mol. The third kappa shape index (κ3) is 7.40. The predicted molar refractivity (Wildman–Crippen MR) is 117 cm³/mol. The zero-order chi connectivity index (χ0) is 17.3. The lowest BCUT2D eigenvalue weighted by atomic mass is 9.89. The van der Waals surface area contributed by atoms with Crippen molar-refractivity contribution in [2.75, 3.05) is 50.8 Å². The van der Waals surface area contributed by atoms with Crippen molar-refractivity contribution in [3.63, 3.8) is 0 Å². The minimum atomic E-state index is 0. The molecule has 0 unspecified atom stereocenters. The molecule has 1 heterocycles. The van der Waals surface area contributed by atoms with Crippen LogP contribution in [0, 0.1) is 5.41 Å². The highest BCUT2D eigenvalue weighted by molar-refractivity contribution is 14.0. The first-order valence-corrected chi connectivity index (χ1v) is 9.07. The van der Waals surface area contributed by atoms with Crippen molar-refractivity contribution in [2.45, 2.75) is 27.2 Å². The van der Waals surface area contributed by atoms with Crippen molar-refractivity contribution in [1.82, 2.24) is 10.6 Å². The van der Waals surface area contributed by atoms with Gasteiger partial charge in [-0.25, -0.2) is 0 Å². The van der Waals surface area contributed by atoms with Crippen LogP contribution < -0.4 is 15.5 Å². The third-order valence-electron chi connectivity index (χ3n) is 4.26. The number of ether oxygens (including phenoxy) is 1. The van der Waals surface area contributed by atoms with E-state index in [2.05, 4.69) is 66.6 Å². The van der Waals surface area contributed by atoms with Gasteiger partial charge < -0.3 is 20.3 Å². The fourth-order valence-electron chi connectivity index (χ4n) is 2.74. The summed E-state index contributed by atoms with van der Waals surface area (Å²) in [7, 11) is 0. The van der Waals surface area contributed by atoms with E-state index in [1.165, 1.54) is 5.69 Å². The molecule has 6 heteroatoms. The maximum atomic E-state index is 5.29. The molecule has 0 aliphatic carbocycles. The van der Waals surface area contributed by atoms with E-state index in [1.807, 2.05) is 0 Å². The SMILES string of the molecule is CCNC(=NCC1(C)COC1)NCCCN(CC)c1ccccc1.I. The Morgan fingerprint density at radius 2 is 1.92 bits per heavy atom. The molecule has 1 aliphatic rings. The zero-order valence-corrected chi connectivity index (χ0v) is 18.1. The number of halogens is 1. The summed E-state index contributed by atoms with van der Waals surface area (Å²) >= 11 is 0. The number of anilines is 1. The maximum absolute atomic E-state index is 5.29. The molecule has 25 heavy (non-hydrogen) atoms. The molecule has 5 nitrogen and oxygen atoms in total. The van der Waals surface area contributed by atoms with Gasteiger partial charge in [0.05, 0.1) is 19.8 Å². The van der Waals surface area contributed by atoms with Gasteiger partial charge >= 0.3 is 0 Å². The number of nitrogens with one attached hydrogen (secondary N) is 2. The summed E-state index contributed by atoms with van der Waals surface area (Å²) in [4.78, 5) is 7.10. The summed E-state index contributed by atoms with van der Waals surface area (Å²) in [5, 5.41) is 6.77. The van der Waals surface area contributed by atoms with Crippen molar-refractivity contribution < 1.29 is 4.74 Å². The fourth-order valence-corrected chi connectivity index (χ4v) is 2.74. The number of aliphatic imine (C=N–C) groups is 1. The Kier molecular flexibility index (Phi) is 10.2. The fraction of sp³-hybridized carbons (Fsp3) is 0.632. The molecule has 0 saturated carbocycles. The first-order chi connectivity index (χ1) is 11.7. The van der Waals surface area contributed by atoms with Crippen molar-refractivity contribution in [1.29, 1.82) is 0 Å². The Morgan fingerprint density at radius 3 is 2.48 bits per heavy atom. The number of rotatable bonds is 9. The predicted octanol–water partition coefficient (Wildman–Crippen LogP) is 3.11. The molecule has 0 amide bonds. The highest BCUT2D eigenvalue weighted by Gasteiger charge is 2.33. The Hall–Kier alpha value is -1.02. The van der Waals surface area contributed by atoms with Crippen LogP contribution in [0.4, 0.5) is 5.69 Å². The first kappa shape index (κ1) is 22.0. The Balaban J connectivity index is 0.00000312. The van der Waals surface area contributed by atoms with Crippen LogP contribution in [-0.4, -0.2) is 51.9 Å². The van der Waals surface area contributed by atoms with Gasteiger partial charge in [-0.2, -0.15) is 0 Å². The summed E-state index contributed by atoms with van der Waals surface area (Å²) in [6.45, 7) is 12.8. The molecule has 2 rings (SSSR count). The van der Waals surface area contributed by atoms with Crippen LogP contribution in [0.3, 0.4) is 0 Å². The van der Waals surface area contributed by atoms with Crippen LogP contribution in [0.2, 0.25) is 0 Å². The van der Waals surface area contributed by atoms with Crippen LogP contribution in [0.25, 0.3) is 0 Å². The Labute approximate surface area is 169 Å². The van der Waals surface area contributed by atoms with E-state index in [1.54, 1.807) is 0 Å². The lowest BCUT2D eigenvalue weighted by Gasteiger charge is -2.36. The molecule has 1 saturated heterocycles. The van der Waals surface area contributed by atoms with E-state index < -0.39 is 0 Å². The summed E-state index contributed by atoms with van der Waals surface area (Å²) < 4.78 is 5.29. The van der Waals surface area contributed by atoms with Crippen LogP contribution in [-0.2, 0) is 4.74 Å². The number of benzene rings is 1. The highest BCUT2D eigenvalue weighted by Crippen LogP contribution is 2.26. The largest absolute Gasteiger partial charge is 0.380 e. The molecule has 0 bridgehead atoms. The molecule has 1 fully saturated rings. The van der Waals surface area contributed by atoms with Crippen molar-refractivity contribution in [3.8, 4) is 0 Å². The van der Waals surface area contributed by atoms with Gasteiger partial charge in [-0.05, 0) is 32.4 Å². The van der Waals surface area contributed by atoms with Gasteiger partial charge in [-0.3, -0.25) is 4.99 Å². The molecule has 0 spiro atoms. The highest BCUT2D eigenvalue weighted by atomic mass is 127. The first-order valence-electron chi connectivity index (χ1n) is 9.07. The lowest BCUT2D eigenvalue weighted by molar-refractivity contribution is -0.0945. The number of para-hydroxylation sites is 1. The van der Waals surface area contributed by atoms with Gasteiger partial charge in [0.2, 0.25) is 0 Å². The molecule has 1 aliphatic heterocycles. The second-order valence-corrected chi connectivity index (χ2v) is 6.69. The van der Waals surface area contributed by atoms with E-state index in [0.29, 0.717) is 0 Å². The molecule has 0 radical (unpaired) electrons. The number of hydrogen-bond donors (Lipinski definition) is 2. The topological polar surface area (TPSA) is 48.9 Å². The van der Waals surface area contributed by atoms with Crippen molar-refractivity contribution in [2.24, 2.45) is 10.4 Å². The molecule has 0 aromatic heterocycles. The lowest BCUT2D eigenvalue weighted by Crippen LogP contribution is -2.44. The van der Waals surface area contributed by atoms with E-state index in [-0.39, 0.29) is 29.4 Å². The number of nitrogens with zero attached hydrogens (tertiary/aromatic N) is 2. The van der Waals surface area contributed by atoms with Gasteiger partial charge in [0.15, 0.2) is 5.96 Å². The zero-order valence-electron chi connectivity index (χ0n) is 15.8. The van der Waals surface area contributed by atoms with Crippen LogP contribution in [0.1, 0.15) is 27.2 Å². The van der Waals surface area contributed by atoms with Crippen molar-refractivity contribution >= 4 is 35.6 Å². The molecule has 142 valence electrons. The van der Waals surface area contributed by atoms with E-state index in [9.17, 15) is 0 Å². The number of hydrogen-bond acceptors (Lipinski definition) is 3. The Bertz CT molecular complexity index is 505. The third-order valence-corrected chi connectivity index (χ3v) is 4.26. The molecular weight excluding hydrogens is 427 g/mol. The second-order valence-electron chi connectivity index (χ2n) is 6.69. The van der Waals surface area contributed by atoms with E-state index >= 15 is 0 Å². The minimum absolute atomic E-state index is 0. The quantitative estimate of drug-likeness (QED) is 0.257. The van der Waals surface area contributed by atoms with Gasteiger partial charge in [0.25, 0.3) is 0 Å². The van der Waals surface area contributed by atoms with Gasteiger partial charge in [0.1, 0.15) is 0 Å². The number of guanidine groups is 1. The van der Waals surface area contributed by atoms with Gasteiger partial charge in [-0.1, -0.05) is 25.1 Å².